The van der Waals surface area contributed by atoms with Crippen molar-refractivity contribution in [2.75, 3.05) is 13.1 Å². The predicted octanol–water partition coefficient (Wildman–Crippen LogP) is 6.31. The van der Waals surface area contributed by atoms with E-state index >= 15 is 0 Å². The fraction of sp³-hybridized carbons (Fsp3) is 0.346. The molecule has 3 heteroatoms. The Hall–Kier alpha value is -2.52. The fourth-order valence-electron chi connectivity index (χ4n) is 4.52. The number of halogens is 1. The topological polar surface area (TPSA) is 16.1 Å². The summed E-state index contributed by atoms with van der Waals surface area (Å²) in [5.41, 5.74) is 7.80. The highest BCUT2D eigenvalue weighted by Gasteiger charge is 2.25. The van der Waals surface area contributed by atoms with Gasteiger partial charge >= 0.3 is 0 Å². The van der Waals surface area contributed by atoms with E-state index in [1.807, 2.05) is 0 Å². The first kappa shape index (κ1) is 19.8. The molecule has 0 saturated carbocycles. The second kappa shape index (κ2) is 8.46. The molecule has 0 N–H and O–H groups in total. The Labute approximate surface area is 173 Å². The summed E-state index contributed by atoms with van der Waals surface area (Å²) in [5, 5.41) is 0. The Balaban J connectivity index is 1.50. The van der Waals surface area contributed by atoms with Crippen molar-refractivity contribution in [2.45, 2.75) is 45.6 Å². The third kappa shape index (κ3) is 4.40. The molecular weight excluding hydrogens is 359 g/mol. The van der Waals surface area contributed by atoms with Crippen LogP contribution in [0.3, 0.4) is 0 Å². The van der Waals surface area contributed by atoms with Gasteiger partial charge in [0.05, 0.1) is 11.9 Å². The molecule has 0 bridgehead atoms. The van der Waals surface area contributed by atoms with Gasteiger partial charge in [-0.15, -0.1) is 0 Å². The van der Waals surface area contributed by atoms with Crippen LogP contribution in [-0.4, -0.2) is 23.0 Å². The molecule has 0 amide bonds. The Bertz CT molecular complexity index is 978. The standard InChI is InChI=1S/C26H29FN2/c1-18(2)24-6-4-5-7-26(24)20-8-11-25(19(3)14-20)21-12-13-29(16-21)17-23-10-9-22(27)15-28-23/h4-11,14-15,18,21H,12-13,16-17H2,1-3H3. The lowest BCUT2D eigenvalue weighted by molar-refractivity contribution is 0.322. The number of aromatic nitrogens is 1. The van der Waals surface area contributed by atoms with Gasteiger partial charge in [0.25, 0.3) is 0 Å². The Morgan fingerprint density at radius 2 is 1.93 bits per heavy atom. The zero-order valence-electron chi connectivity index (χ0n) is 17.5. The van der Waals surface area contributed by atoms with Gasteiger partial charge in [-0.1, -0.05) is 56.3 Å². The molecule has 29 heavy (non-hydrogen) atoms. The number of likely N-dealkylation sites (tertiary alicyclic amines) is 1. The molecule has 0 radical (unpaired) electrons. The summed E-state index contributed by atoms with van der Waals surface area (Å²) >= 11 is 0. The SMILES string of the molecule is Cc1cc(-c2ccccc2C(C)C)ccc1C1CCN(Cc2ccc(F)cn2)C1. The average molecular weight is 389 g/mol. The monoisotopic (exact) mass is 388 g/mol. The van der Waals surface area contributed by atoms with E-state index in [-0.39, 0.29) is 5.82 Å². The number of aryl methyl sites for hydroxylation is 1. The zero-order chi connectivity index (χ0) is 20.4. The number of pyridine rings is 1. The van der Waals surface area contributed by atoms with Gasteiger partial charge in [-0.2, -0.15) is 0 Å². The number of nitrogens with zero attached hydrogens (tertiary/aromatic N) is 2. The van der Waals surface area contributed by atoms with Gasteiger partial charge in [-0.3, -0.25) is 9.88 Å². The fourth-order valence-corrected chi connectivity index (χ4v) is 4.52. The van der Waals surface area contributed by atoms with Gasteiger partial charge in [0.1, 0.15) is 5.82 Å². The predicted molar refractivity (Wildman–Crippen MR) is 118 cm³/mol. The van der Waals surface area contributed by atoms with Crippen LogP contribution in [0.25, 0.3) is 11.1 Å². The molecule has 0 spiro atoms. The van der Waals surface area contributed by atoms with E-state index < -0.39 is 0 Å². The molecule has 2 heterocycles. The summed E-state index contributed by atoms with van der Waals surface area (Å²) < 4.78 is 13.1. The minimum Gasteiger partial charge on any atom is -0.297 e. The first-order valence-electron chi connectivity index (χ1n) is 10.5. The summed E-state index contributed by atoms with van der Waals surface area (Å²) in [4.78, 5) is 6.63. The second-order valence-corrected chi connectivity index (χ2v) is 8.50. The number of rotatable bonds is 5. The van der Waals surface area contributed by atoms with Gasteiger partial charge in [-0.05, 0) is 71.7 Å². The molecule has 1 aromatic heterocycles. The first-order valence-corrected chi connectivity index (χ1v) is 10.5. The maximum absolute atomic E-state index is 13.1. The minimum atomic E-state index is -0.275. The summed E-state index contributed by atoms with van der Waals surface area (Å²) in [6, 6.07) is 19.0. The summed E-state index contributed by atoms with van der Waals surface area (Å²) in [6.07, 6.45) is 2.46. The lowest BCUT2D eigenvalue weighted by Gasteiger charge is -2.18. The van der Waals surface area contributed by atoms with Crippen molar-refractivity contribution < 1.29 is 4.39 Å². The van der Waals surface area contributed by atoms with Crippen molar-refractivity contribution in [1.29, 1.82) is 0 Å². The molecule has 3 aromatic rings. The Morgan fingerprint density at radius 3 is 2.66 bits per heavy atom. The highest BCUT2D eigenvalue weighted by atomic mass is 19.1. The molecule has 1 aliphatic heterocycles. The van der Waals surface area contributed by atoms with Crippen LogP contribution in [0.1, 0.15) is 54.5 Å². The van der Waals surface area contributed by atoms with Crippen molar-refractivity contribution in [3.8, 4) is 11.1 Å². The van der Waals surface area contributed by atoms with E-state index in [0.29, 0.717) is 11.8 Å². The molecule has 1 aliphatic rings. The Kier molecular flexibility index (Phi) is 5.77. The Morgan fingerprint density at radius 1 is 1.10 bits per heavy atom. The van der Waals surface area contributed by atoms with Crippen LogP contribution in [0.5, 0.6) is 0 Å². The quantitative estimate of drug-likeness (QED) is 0.509. The minimum absolute atomic E-state index is 0.275. The second-order valence-electron chi connectivity index (χ2n) is 8.50. The van der Waals surface area contributed by atoms with Crippen LogP contribution in [0.15, 0.2) is 60.8 Å². The molecule has 0 aliphatic carbocycles. The molecule has 2 aromatic carbocycles. The summed E-state index contributed by atoms with van der Waals surface area (Å²) in [5.74, 6) is 0.780. The lowest BCUT2D eigenvalue weighted by atomic mass is 9.88. The van der Waals surface area contributed by atoms with E-state index in [1.54, 1.807) is 6.07 Å². The normalized spacial score (nSPS) is 17.2. The zero-order valence-corrected chi connectivity index (χ0v) is 17.5. The third-order valence-electron chi connectivity index (χ3n) is 6.05. The van der Waals surface area contributed by atoms with Crippen LogP contribution in [0, 0.1) is 12.7 Å². The third-order valence-corrected chi connectivity index (χ3v) is 6.05. The lowest BCUT2D eigenvalue weighted by Crippen LogP contribution is -2.20. The van der Waals surface area contributed by atoms with Crippen LogP contribution in [0.2, 0.25) is 0 Å². The van der Waals surface area contributed by atoms with E-state index in [2.05, 4.69) is 73.1 Å². The van der Waals surface area contributed by atoms with Crippen molar-refractivity contribution >= 4 is 0 Å². The molecule has 1 atom stereocenters. The largest absolute Gasteiger partial charge is 0.297 e. The summed E-state index contributed by atoms with van der Waals surface area (Å²) in [7, 11) is 0. The highest BCUT2D eigenvalue weighted by molar-refractivity contribution is 5.69. The maximum atomic E-state index is 13.1. The average Bonchev–Trinajstić information content (AvgIpc) is 3.17. The van der Waals surface area contributed by atoms with Gasteiger partial charge < -0.3 is 0 Å². The first-order chi connectivity index (χ1) is 14.0. The van der Waals surface area contributed by atoms with Crippen LogP contribution >= 0.6 is 0 Å². The molecule has 1 saturated heterocycles. The van der Waals surface area contributed by atoms with Crippen molar-refractivity contribution in [3.63, 3.8) is 0 Å². The van der Waals surface area contributed by atoms with Crippen molar-refractivity contribution in [2.24, 2.45) is 0 Å². The van der Waals surface area contributed by atoms with Crippen LogP contribution in [0.4, 0.5) is 4.39 Å². The van der Waals surface area contributed by atoms with Gasteiger partial charge in [0.2, 0.25) is 0 Å². The van der Waals surface area contributed by atoms with Crippen molar-refractivity contribution in [3.05, 3.63) is 89.0 Å². The summed E-state index contributed by atoms with van der Waals surface area (Å²) in [6.45, 7) is 9.62. The smallest absolute Gasteiger partial charge is 0.141 e. The van der Waals surface area contributed by atoms with E-state index in [4.69, 9.17) is 0 Å². The van der Waals surface area contributed by atoms with Gasteiger partial charge in [0, 0.05) is 13.1 Å². The van der Waals surface area contributed by atoms with Crippen molar-refractivity contribution in [1.82, 2.24) is 9.88 Å². The van der Waals surface area contributed by atoms with Crippen LogP contribution in [-0.2, 0) is 6.54 Å². The van der Waals surface area contributed by atoms with E-state index in [0.717, 1.165) is 31.7 Å². The molecule has 2 nitrogen and oxygen atoms in total. The van der Waals surface area contributed by atoms with Gasteiger partial charge in [-0.25, -0.2) is 4.39 Å². The molecule has 1 unspecified atom stereocenters. The number of hydrogen-bond donors (Lipinski definition) is 0. The highest BCUT2D eigenvalue weighted by Crippen LogP contribution is 2.34. The number of benzene rings is 2. The van der Waals surface area contributed by atoms with E-state index in [1.165, 1.54) is 40.1 Å². The maximum Gasteiger partial charge on any atom is 0.141 e. The molecule has 4 rings (SSSR count). The molecule has 1 fully saturated rings. The van der Waals surface area contributed by atoms with Gasteiger partial charge in [0.15, 0.2) is 0 Å². The van der Waals surface area contributed by atoms with Crippen LogP contribution < -0.4 is 0 Å². The van der Waals surface area contributed by atoms with E-state index in [9.17, 15) is 4.39 Å². The number of hydrogen-bond acceptors (Lipinski definition) is 2. The molecule has 150 valence electrons. The molecular formula is C26H29FN2.